The Morgan fingerprint density at radius 2 is 2.06 bits per heavy atom. The first-order chi connectivity index (χ1) is 8.47. The van der Waals surface area contributed by atoms with Crippen LogP contribution in [0.4, 0.5) is 0 Å². The minimum absolute atomic E-state index is 0.365. The van der Waals surface area contributed by atoms with Crippen molar-refractivity contribution in [1.82, 2.24) is 10.3 Å². The molecule has 5 heteroatoms. The van der Waals surface area contributed by atoms with E-state index in [0.29, 0.717) is 5.69 Å². The summed E-state index contributed by atoms with van der Waals surface area (Å²) in [6, 6.07) is 6.60. The van der Waals surface area contributed by atoms with E-state index < -0.39 is 17.9 Å². The second kappa shape index (κ2) is 4.52. The van der Waals surface area contributed by atoms with Gasteiger partial charge in [-0.05, 0) is 31.5 Å². The van der Waals surface area contributed by atoms with Gasteiger partial charge in [-0.3, -0.25) is 9.59 Å². The molecule has 2 rings (SSSR count). The van der Waals surface area contributed by atoms with Crippen LogP contribution in [0.2, 0.25) is 0 Å². The van der Waals surface area contributed by atoms with Crippen LogP contribution >= 0.6 is 0 Å². The zero-order valence-electron chi connectivity index (χ0n) is 10.2. The lowest BCUT2D eigenvalue weighted by atomic mass is 10.2. The third-order valence-corrected chi connectivity index (χ3v) is 2.74. The highest BCUT2D eigenvalue weighted by atomic mass is 16.4. The minimum atomic E-state index is -1.06. The lowest BCUT2D eigenvalue weighted by Crippen LogP contribution is -2.38. The number of carboxylic acids is 1. The van der Waals surface area contributed by atoms with Gasteiger partial charge in [-0.1, -0.05) is 12.1 Å². The van der Waals surface area contributed by atoms with Crippen LogP contribution in [0.15, 0.2) is 24.3 Å². The Morgan fingerprint density at radius 3 is 2.72 bits per heavy atom. The Hall–Kier alpha value is -2.30. The van der Waals surface area contributed by atoms with Crippen LogP contribution < -0.4 is 5.32 Å². The summed E-state index contributed by atoms with van der Waals surface area (Å²) in [5.41, 5.74) is 2.32. The maximum Gasteiger partial charge on any atom is 0.325 e. The van der Waals surface area contributed by atoms with Crippen LogP contribution in [0, 0.1) is 6.92 Å². The summed E-state index contributed by atoms with van der Waals surface area (Å²) in [4.78, 5) is 25.4. The molecule has 1 aromatic carbocycles. The van der Waals surface area contributed by atoms with Crippen molar-refractivity contribution in [2.24, 2.45) is 0 Å². The predicted molar refractivity (Wildman–Crippen MR) is 67.6 cm³/mol. The molecule has 1 amide bonds. The molecule has 94 valence electrons. The molecule has 0 radical (unpaired) electrons. The number of fused-ring (bicyclic) bond motifs is 1. The molecule has 0 saturated heterocycles. The molecule has 18 heavy (non-hydrogen) atoms. The number of hydrogen-bond acceptors (Lipinski definition) is 2. The van der Waals surface area contributed by atoms with Crippen LogP contribution in [-0.4, -0.2) is 28.0 Å². The van der Waals surface area contributed by atoms with Gasteiger partial charge >= 0.3 is 5.97 Å². The minimum Gasteiger partial charge on any atom is -0.480 e. The summed E-state index contributed by atoms with van der Waals surface area (Å²) in [7, 11) is 0. The SMILES string of the molecule is Cc1ccc2cc(C(=O)N[C@@H](C)C(=O)O)[nH]c2c1. The number of benzene rings is 1. The van der Waals surface area contributed by atoms with Gasteiger partial charge in [0.25, 0.3) is 5.91 Å². The lowest BCUT2D eigenvalue weighted by molar-refractivity contribution is -0.138. The number of aliphatic carboxylic acids is 1. The van der Waals surface area contributed by atoms with E-state index in [2.05, 4.69) is 10.3 Å². The molecule has 2 aromatic rings. The second-order valence-electron chi connectivity index (χ2n) is 4.31. The maximum atomic E-state index is 11.8. The molecule has 1 aromatic heterocycles. The molecule has 0 saturated carbocycles. The number of nitrogens with one attached hydrogen (secondary N) is 2. The second-order valence-corrected chi connectivity index (χ2v) is 4.31. The molecule has 0 unspecified atom stereocenters. The number of carbonyl (C=O) groups is 2. The number of rotatable bonds is 3. The van der Waals surface area contributed by atoms with Crippen molar-refractivity contribution < 1.29 is 14.7 Å². The first-order valence-corrected chi connectivity index (χ1v) is 5.60. The average Bonchev–Trinajstić information content (AvgIpc) is 2.71. The fourth-order valence-corrected chi connectivity index (χ4v) is 1.70. The molecule has 3 N–H and O–H groups in total. The number of hydrogen-bond donors (Lipinski definition) is 3. The Balaban J connectivity index is 2.26. The van der Waals surface area contributed by atoms with E-state index in [9.17, 15) is 9.59 Å². The number of H-pyrrole nitrogens is 1. The van der Waals surface area contributed by atoms with Crippen LogP contribution in [0.1, 0.15) is 23.0 Å². The average molecular weight is 246 g/mol. The summed E-state index contributed by atoms with van der Waals surface area (Å²) in [5, 5.41) is 12.1. The van der Waals surface area contributed by atoms with Crippen molar-refractivity contribution in [2.45, 2.75) is 19.9 Å². The topological polar surface area (TPSA) is 82.2 Å². The molecular formula is C13H14N2O3. The molecule has 0 fully saturated rings. The number of aromatic amines is 1. The van der Waals surface area contributed by atoms with Gasteiger partial charge in [0.2, 0.25) is 0 Å². The number of carboxylic acid groups (broad SMARTS) is 1. The normalized spacial score (nSPS) is 12.3. The van der Waals surface area contributed by atoms with Crippen molar-refractivity contribution in [2.75, 3.05) is 0 Å². The largest absolute Gasteiger partial charge is 0.480 e. The van der Waals surface area contributed by atoms with Gasteiger partial charge in [-0.2, -0.15) is 0 Å². The fourth-order valence-electron chi connectivity index (χ4n) is 1.70. The Labute approximate surface area is 104 Å². The van der Waals surface area contributed by atoms with Gasteiger partial charge in [-0.25, -0.2) is 0 Å². The fraction of sp³-hybridized carbons (Fsp3) is 0.231. The Kier molecular flexibility index (Phi) is 3.06. The van der Waals surface area contributed by atoms with Crippen molar-refractivity contribution in [3.05, 3.63) is 35.5 Å². The van der Waals surface area contributed by atoms with Crippen LogP contribution in [0.25, 0.3) is 10.9 Å². The van der Waals surface area contributed by atoms with E-state index in [1.807, 2.05) is 25.1 Å². The van der Waals surface area contributed by atoms with E-state index in [4.69, 9.17) is 5.11 Å². The lowest BCUT2D eigenvalue weighted by Gasteiger charge is -2.07. The number of carbonyl (C=O) groups excluding carboxylic acids is 1. The van der Waals surface area contributed by atoms with Crippen molar-refractivity contribution >= 4 is 22.8 Å². The highest BCUT2D eigenvalue weighted by molar-refractivity contribution is 5.99. The molecule has 1 atom stereocenters. The third kappa shape index (κ3) is 2.34. The van der Waals surface area contributed by atoms with Crippen LogP contribution in [0.5, 0.6) is 0 Å². The molecule has 0 aliphatic rings. The third-order valence-electron chi connectivity index (χ3n) is 2.74. The standard InChI is InChI=1S/C13H14N2O3/c1-7-3-4-9-6-11(15-10(9)5-7)12(16)14-8(2)13(17)18/h3-6,8,15H,1-2H3,(H,14,16)(H,17,18)/t8-/m0/s1. The molecule has 0 aliphatic carbocycles. The van der Waals surface area contributed by atoms with Gasteiger partial charge in [0, 0.05) is 10.9 Å². The zero-order valence-corrected chi connectivity index (χ0v) is 10.2. The van der Waals surface area contributed by atoms with Crippen LogP contribution in [-0.2, 0) is 4.79 Å². The van der Waals surface area contributed by atoms with Crippen molar-refractivity contribution in [3.8, 4) is 0 Å². The van der Waals surface area contributed by atoms with Gasteiger partial charge < -0.3 is 15.4 Å². The monoisotopic (exact) mass is 246 g/mol. The van der Waals surface area contributed by atoms with Crippen molar-refractivity contribution in [3.63, 3.8) is 0 Å². The van der Waals surface area contributed by atoms with E-state index in [-0.39, 0.29) is 0 Å². The van der Waals surface area contributed by atoms with E-state index in [1.54, 1.807) is 6.07 Å². The first kappa shape index (κ1) is 12.2. The summed E-state index contributed by atoms with van der Waals surface area (Å²) < 4.78 is 0. The summed E-state index contributed by atoms with van der Waals surface area (Å²) in [5.74, 6) is -1.48. The predicted octanol–water partition coefficient (Wildman–Crippen LogP) is 1.68. The van der Waals surface area contributed by atoms with Crippen molar-refractivity contribution in [1.29, 1.82) is 0 Å². The highest BCUT2D eigenvalue weighted by Gasteiger charge is 2.16. The number of aryl methyl sites for hydroxylation is 1. The van der Waals surface area contributed by atoms with Gasteiger partial charge in [0.05, 0.1) is 0 Å². The Bertz CT molecular complexity index is 616. The Morgan fingerprint density at radius 1 is 1.33 bits per heavy atom. The molecule has 0 aliphatic heterocycles. The molecule has 0 bridgehead atoms. The van der Waals surface area contributed by atoms with Crippen LogP contribution in [0.3, 0.4) is 0 Å². The summed E-state index contributed by atoms with van der Waals surface area (Å²) in [6.07, 6.45) is 0. The summed E-state index contributed by atoms with van der Waals surface area (Å²) in [6.45, 7) is 3.39. The maximum absolute atomic E-state index is 11.8. The first-order valence-electron chi connectivity index (χ1n) is 5.60. The molecule has 1 heterocycles. The van der Waals surface area contributed by atoms with Gasteiger partial charge in [-0.15, -0.1) is 0 Å². The number of amides is 1. The van der Waals surface area contributed by atoms with E-state index in [1.165, 1.54) is 6.92 Å². The molecule has 0 spiro atoms. The van der Waals surface area contributed by atoms with E-state index in [0.717, 1.165) is 16.5 Å². The van der Waals surface area contributed by atoms with Gasteiger partial charge in [0.1, 0.15) is 11.7 Å². The van der Waals surface area contributed by atoms with Gasteiger partial charge in [0.15, 0.2) is 0 Å². The summed E-state index contributed by atoms with van der Waals surface area (Å²) >= 11 is 0. The molecule has 5 nitrogen and oxygen atoms in total. The van der Waals surface area contributed by atoms with E-state index >= 15 is 0 Å². The smallest absolute Gasteiger partial charge is 0.325 e. The quantitative estimate of drug-likeness (QED) is 0.770. The zero-order chi connectivity index (χ0) is 13.3. The highest BCUT2D eigenvalue weighted by Crippen LogP contribution is 2.16. The molecular weight excluding hydrogens is 232 g/mol. The number of aromatic nitrogens is 1.